The topological polar surface area (TPSA) is 87.0 Å². The van der Waals surface area contributed by atoms with Crippen molar-refractivity contribution in [3.8, 4) is 0 Å². The summed E-state index contributed by atoms with van der Waals surface area (Å²) in [6.07, 6.45) is 3.93. The summed E-state index contributed by atoms with van der Waals surface area (Å²) in [7, 11) is -3.58. The second-order valence-electron chi connectivity index (χ2n) is 7.09. The Morgan fingerprint density at radius 1 is 1.04 bits per heavy atom. The molecule has 1 amide bonds. The van der Waals surface area contributed by atoms with Crippen LogP contribution >= 0.6 is 0 Å². The van der Waals surface area contributed by atoms with Crippen molar-refractivity contribution in [2.45, 2.75) is 44.4 Å². The summed E-state index contributed by atoms with van der Waals surface area (Å²) in [5.74, 6) is 0.549. The predicted molar refractivity (Wildman–Crippen MR) is 96.2 cm³/mol. The molecule has 2 fully saturated rings. The quantitative estimate of drug-likeness (QED) is 0.753. The SMILES string of the molecule is Cc1noc(C)c1S(=O)(=O)N1CCN(CCC(=O)N2CCCCC2)CC1. The van der Waals surface area contributed by atoms with Gasteiger partial charge in [0.2, 0.25) is 15.9 Å². The fourth-order valence-electron chi connectivity index (χ4n) is 3.72. The maximum absolute atomic E-state index is 12.8. The summed E-state index contributed by atoms with van der Waals surface area (Å²) in [5, 5.41) is 3.75. The molecule has 0 bridgehead atoms. The molecule has 26 heavy (non-hydrogen) atoms. The number of carbonyl (C=O) groups excluding carboxylic acids is 1. The van der Waals surface area contributed by atoms with Crippen molar-refractivity contribution in [2.75, 3.05) is 45.8 Å². The monoisotopic (exact) mass is 384 g/mol. The number of hydrogen-bond acceptors (Lipinski definition) is 6. The minimum absolute atomic E-state index is 0.186. The molecule has 2 saturated heterocycles. The molecular formula is C17H28N4O4S. The van der Waals surface area contributed by atoms with E-state index in [1.165, 1.54) is 10.7 Å². The van der Waals surface area contributed by atoms with E-state index >= 15 is 0 Å². The van der Waals surface area contributed by atoms with Gasteiger partial charge in [-0.2, -0.15) is 4.31 Å². The van der Waals surface area contributed by atoms with Gasteiger partial charge in [0.25, 0.3) is 0 Å². The van der Waals surface area contributed by atoms with E-state index in [-0.39, 0.29) is 10.8 Å². The van der Waals surface area contributed by atoms with E-state index in [0.717, 1.165) is 25.9 Å². The van der Waals surface area contributed by atoms with Crippen LogP contribution in [-0.2, 0) is 14.8 Å². The third kappa shape index (κ3) is 4.10. The highest BCUT2D eigenvalue weighted by molar-refractivity contribution is 7.89. The van der Waals surface area contributed by atoms with E-state index < -0.39 is 10.0 Å². The molecule has 0 atom stereocenters. The largest absolute Gasteiger partial charge is 0.360 e. The van der Waals surface area contributed by atoms with Crippen molar-refractivity contribution in [2.24, 2.45) is 0 Å². The highest BCUT2D eigenvalue weighted by Gasteiger charge is 2.33. The number of amides is 1. The van der Waals surface area contributed by atoms with E-state index in [1.54, 1.807) is 13.8 Å². The molecule has 8 nitrogen and oxygen atoms in total. The molecule has 2 aliphatic rings. The van der Waals surface area contributed by atoms with Crippen LogP contribution in [0, 0.1) is 13.8 Å². The zero-order valence-corrected chi connectivity index (χ0v) is 16.4. The van der Waals surface area contributed by atoms with Crippen molar-refractivity contribution in [3.05, 3.63) is 11.5 Å². The van der Waals surface area contributed by atoms with Gasteiger partial charge < -0.3 is 14.3 Å². The van der Waals surface area contributed by atoms with Crippen molar-refractivity contribution < 1.29 is 17.7 Å². The number of sulfonamides is 1. The second kappa shape index (κ2) is 8.06. The maximum Gasteiger partial charge on any atom is 0.248 e. The van der Waals surface area contributed by atoms with E-state index in [1.807, 2.05) is 4.90 Å². The lowest BCUT2D eigenvalue weighted by Crippen LogP contribution is -2.49. The van der Waals surface area contributed by atoms with Gasteiger partial charge in [-0.1, -0.05) is 5.16 Å². The molecule has 1 aromatic rings. The van der Waals surface area contributed by atoms with E-state index in [4.69, 9.17) is 4.52 Å². The average molecular weight is 385 g/mol. The van der Waals surface area contributed by atoms with Gasteiger partial charge in [0.05, 0.1) is 0 Å². The van der Waals surface area contributed by atoms with Crippen molar-refractivity contribution in [3.63, 3.8) is 0 Å². The van der Waals surface area contributed by atoms with Crippen molar-refractivity contribution in [1.29, 1.82) is 0 Å². The summed E-state index contributed by atoms with van der Waals surface area (Å²) in [5.41, 5.74) is 0.400. The first-order chi connectivity index (χ1) is 12.4. The van der Waals surface area contributed by atoms with Gasteiger partial charge in [0, 0.05) is 52.2 Å². The number of aromatic nitrogens is 1. The second-order valence-corrected chi connectivity index (χ2v) is 8.97. The van der Waals surface area contributed by atoms with Gasteiger partial charge in [0.1, 0.15) is 10.6 Å². The number of nitrogens with zero attached hydrogens (tertiary/aromatic N) is 4. The van der Waals surface area contributed by atoms with Gasteiger partial charge in [-0.3, -0.25) is 4.79 Å². The van der Waals surface area contributed by atoms with Crippen LogP contribution < -0.4 is 0 Å². The molecule has 0 aliphatic carbocycles. The van der Waals surface area contributed by atoms with Crippen LogP contribution in [-0.4, -0.2) is 79.4 Å². The van der Waals surface area contributed by atoms with Gasteiger partial charge in [-0.05, 0) is 33.1 Å². The van der Waals surface area contributed by atoms with Crippen LogP contribution in [0.2, 0.25) is 0 Å². The third-order valence-corrected chi connectivity index (χ3v) is 7.39. The predicted octanol–water partition coefficient (Wildman–Crippen LogP) is 1.00. The number of aryl methyl sites for hydroxylation is 2. The zero-order chi connectivity index (χ0) is 18.7. The molecule has 3 heterocycles. The van der Waals surface area contributed by atoms with E-state index in [9.17, 15) is 13.2 Å². The van der Waals surface area contributed by atoms with Crippen molar-refractivity contribution in [1.82, 2.24) is 19.3 Å². The summed E-state index contributed by atoms with van der Waals surface area (Å²) in [6.45, 7) is 7.82. The first-order valence-corrected chi connectivity index (χ1v) is 10.8. The van der Waals surface area contributed by atoms with Crippen LogP contribution in [0.5, 0.6) is 0 Å². The Balaban J connectivity index is 1.50. The number of piperidine rings is 1. The van der Waals surface area contributed by atoms with E-state index in [2.05, 4.69) is 10.1 Å². The summed E-state index contributed by atoms with van der Waals surface area (Å²) < 4.78 is 32.1. The molecule has 0 saturated carbocycles. The number of rotatable bonds is 5. The zero-order valence-electron chi connectivity index (χ0n) is 15.6. The lowest BCUT2D eigenvalue weighted by atomic mass is 10.1. The summed E-state index contributed by atoms with van der Waals surface area (Å²) >= 11 is 0. The minimum Gasteiger partial charge on any atom is -0.360 e. The summed E-state index contributed by atoms with van der Waals surface area (Å²) in [6, 6.07) is 0. The maximum atomic E-state index is 12.8. The molecule has 0 aromatic carbocycles. The molecule has 0 spiro atoms. The smallest absolute Gasteiger partial charge is 0.248 e. The molecular weight excluding hydrogens is 356 g/mol. The van der Waals surface area contributed by atoms with Gasteiger partial charge in [0.15, 0.2) is 5.76 Å². The standard InChI is InChI=1S/C17H28N4O4S/c1-14-17(15(2)25-18-14)26(23,24)21-12-10-19(11-13-21)9-6-16(22)20-7-4-3-5-8-20/h3-13H2,1-2H3. The molecule has 0 unspecified atom stereocenters. The van der Waals surface area contributed by atoms with Crippen molar-refractivity contribution >= 4 is 15.9 Å². The normalized spacial score (nSPS) is 20.5. The van der Waals surface area contributed by atoms with Crippen LogP contribution in [0.4, 0.5) is 0 Å². The Morgan fingerprint density at radius 3 is 2.27 bits per heavy atom. The molecule has 146 valence electrons. The van der Waals surface area contributed by atoms with Crippen LogP contribution in [0.25, 0.3) is 0 Å². The Bertz CT molecular complexity index is 712. The Morgan fingerprint density at radius 2 is 1.69 bits per heavy atom. The fraction of sp³-hybridized carbons (Fsp3) is 0.765. The molecule has 3 rings (SSSR count). The molecule has 1 aromatic heterocycles. The first kappa shape index (κ1) is 19.3. The first-order valence-electron chi connectivity index (χ1n) is 9.33. The number of likely N-dealkylation sites (tertiary alicyclic amines) is 1. The number of hydrogen-bond donors (Lipinski definition) is 0. The number of carbonyl (C=O) groups is 1. The molecule has 9 heteroatoms. The molecule has 0 radical (unpaired) electrons. The Labute approximate surface area is 155 Å². The highest BCUT2D eigenvalue weighted by Crippen LogP contribution is 2.24. The fourth-order valence-corrected chi connectivity index (χ4v) is 5.43. The van der Waals surface area contributed by atoms with Gasteiger partial charge in [-0.25, -0.2) is 8.42 Å². The van der Waals surface area contributed by atoms with Gasteiger partial charge in [-0.15, -0.1) is 0 Å². The lowest BCUT2D eigenvalue weighted by molar-refractivity contribution is -0.132. The Hall–Kier alpha value is -1.45. The molecule has 2 aliphatic heterocycles. The van der Waals surface area contributed by atoms with Crippen LogP contribution in [0.1, 0.15) is 37.1 Å². The lowest BCUT2D eigenvalue weighted by Gasteiger charge is -2.34. The minimum atomic E-state index is -3.58. The Kier molecular flexibility index (Phi) is 5.99. The average Bonchev–Trinajstić information content (AvgIpc) is 3.00. The number of piperazine rings is 1. The van der Waals surface area contributed by atoms with Gasteiger partial charge >= 0.3 is 0 Å². The van der Waals surface area contributed by atoms with Crippen LogP contribution in [0.15, 0.2) is 9.42 Å². The summed E-state index contributed by atoms with van der Waals surface area (Å²) in [4.78, 5) is 16.6. The highest BCUT2D eigenvalue weighted by atomic mass is 32.2. The molecule has 0 N–H and O–H groups in total. The van der Waals surface area contributed by atoms with Crippen LogP contribution in [0.3, 0.4) is 0 Å². The third-order valence-electron chi connectivity index (χ3n) is 5.25. The van der Waals surface area contributed by atoms with E-state index in [0.29, 0.717) is 50.6 Å².